The number of allylic oxidation sites excluding steroid dienone is 1. The van der Waals surface area contributed by atoms with E-state index < -0.39 is 35.1 Å². The second kappa shape index (κ2) is 7.63. The minimum atomic E-state index is -1.60. The maximum atomic E-state index is 13.6. The first-order valence-electron chi connectivity index (χ1n) is 9.54. The summed E-state index contributed by atoms with van der Waals surface area (Å²) in [5, 5.41) is 0. The van der Waals surface area contributed by atoms with Crippen molar-refractivity contribution in [1.82, 2.24) is 0 Å². The van der Waals surface area contributed by atoms with Crippen LogP contribution < -0.4 is 9.47 Å². The summed E-state index contributed by atoms with van der Waals surface area (Å²) in [5.74, 6) is -5.40. The average molecular weight is 501 g/mol. The molecule has 0 unspecified atom stereocenters. The molecule has 5 rings (SSSR count). The van der Waals surface area contributed by atoms with E-state index in [2.05, 4.69) is 15.9 Å². The van der Waals surface area contributed by atoms with Gasteiger partial charge in [-0.2, -0.15) is 0 Å². The first-order valence-corrected chi connectivity index (χ1v) is 10.3. The molecule has 3 aromatic rings. The van der Waals surface area contributed by atoms with Crippen LogP contribution in [0.25, 0.3) is 6.08 Å². The standard InChI is InChI=1S/C24H12BrF3O4/c25-15-4-2-1-3-12(15)14-10-20(29)31-18-6-5-13-23(30)19(32-24(13)21(14)18)9-11-7-16(26)22(28)17(27)8-11/h1-9,14H,10H2/b19-9-/t14-/m1/s1. The van der Waals surface area contributed by atoms with Crippen LogP contribution in [0.15, 0.2) is 58.8 Å². The highest BCUT2D eigenvalue weighted by Gasteiger charge is 2.39. The summed E-state index contributed by atoms with van der Waals surface area (Å²) in [7, 11) is 0. The van der Waals surface area contributed by atoms with Crippen LogP contribution in [-0.4, -0.2) is 11.8 Å². The van der Waals surface area contributed by atoms with E-state index in [0.717, 1.165) is 28.2 Å². The van der Waals surface area contributed by atoms with E-state index in [1.165, 1.54) is 12.1 Å². The summed E-state index contributed by atoms with van der Waals surface area (Å²) in [4.78, 5) is 25.2. The van der Waals surface area contributed by atoms with Gasteiger partial charge in [-0.3, -0.25) is 9.59 Å². The van der Waals surface area contributed by atoms with Crippen molar-refractivity contribution in [2.24, 2.45) is 0 Å². The number of halogens is 4. The van der Waals surface area contributed by atoms with Crippen molar-refractivity contribution in [3.63, 3.8) is 0 Å². The molecule has 0 aromatic heterocycles. The van der Waals surface area contributed by atoms with Crippen LogP contribution in [0.5, 0.6) is 11.5 Å². The van der Waals surface area contributed by atoms with Crippen molar-refractivity contribution in [1.29, 1.82) is 0 Å². The lowest BCUT2D eigenvalue weighted by atomic mass is 9.84. The highest BCUT2D eigenvalue weighted by Crippen LogP contribution is 2.50. The molecule has 0 N–H and O–H groups in total. The van der Waals surface area contributed by atoms with Gasteiger partial charge >= 0.3 is 5.97 Å². The van der Waals surface area contributed by atoms with Gasteiger partial charge in [-0.1, -0.05) is 34.1 Å². The van der Waals surface area contributed by atoms with E-state index in [9.17, 15) is 22.8 Å². The summed E-state index contributed by atoms with van der Waals surface area (Å²) >= 11 is 3.50. The van der Waals surface area contributed by atoms with Gasteiger partial charge < -0.3 is 9.47 Å². The number of rotatable bonds is 2. The zero-order valence-corrected chi connectivity index (χ0v) is 17.7. The molecule has 0 bridgehead atoms. The molecule has 4 nitrogen and oxygen atoms in total. The normalized spacial score (nSPS) is 18.2. The Kier molecular flexibility index (Phi) is 4.89. The van der Waals surface area contributed by atoms with Crippen molar-refractivity contribution in [3.05, 3.63) is 98.5 Å². The summed E-state index contributed by atoms with van der Waals surface area (Å²) < 4.78 is 52.4. The van der Waals surface area contributed by atoms with Crippen molar-refractivity contribution >= 4 is 33.8 Å². The lowest BCUT2D eigenvalue weighted by Crippen LogP contribution is -2.21. The molecular weight excluding hydrogens is 489 g/mol. The lowest BCUT2D eigenvalue weighted by molar-refractivity contribution is -0.135. The Morgan fingerprint density at radius 1 is 0.969 bits per heavy atom. The quantitative estimate of drug-likeness (QED) is 0.189. The highest BCUT2D eigenvalue weighted by molar-refractivity contribution is 9.10. The second-order valence-electron chi connectivity index (χ2n) is 7.34. The Morgan fingerprint density at radius 3 is 2.41 bits per heavy atom. The highest BCUT2D eigenvalue weighted by atomic mass is 79.9. The Hall–Kier alpha value is -3.39. The van der Waals surface area contributed by atoms with E-state index in [4.69, 9.17) is 9.47 Å². The molecule has 0 fully saturated rings. The number of hydrogen-bond donors (Lipinski definition) is 0. The molecule has 2 aliphatic heterocycles. The van der Waals surface area contributed by atoms with Crippen LogP contribution in [0.3, 0.4) is 0 Å². The number of ketones is 1. The summed E-state index contributed by atoms with van der Waals surface area (Å²) in [5.41, 5.74) is 1.51. The van der Waals surface area contributed by atoms with Gasteiger partial charge in [0.25, 0.3) is 0 Å². The summed E-state index contributed by atoms with van der Waals surface area (Å²) in [6.07, 6.45) is 1.18. The molecule has 160 valence electrons. The molecule has 1 atom stereocenters. The molecule has 0 radical (unpaired) electrons. The van der Waals surface area contributed by atoms with Crippen LogP contribution >= 0.6 is 15.9 Å². The molecular formula is C24H12BrF3O4. The predicted octanol–water partition coefficient (Wildman–Crippen LogP) is 5.92. The van der Waals surface area contributed by atoms with E-state index in [-0.39, 0.29) is 34.8 Å². The van der Waals surface area contributed by atoms with Crippen molar-refractivity contribution in [2.45, 2.75) is 12.3 Å². The Balaban J connectivity index is 1.62. The predicted molar refractivity (Wildman–Crippen MR) is 112 cm³/mol. The van der Waals surface area contributed by atoms with Gasteiger partial charge in [0.1, 0.15) is 11.5 Å². The number of carbonyl (C=O) groups excluding carboxylic acids is 2. The third-order valence-corrected chi connectivity index (χ3v) is 6.09. The lowest BCUT2D eigenvalue weighted by Gasteiger charge is -2.27. The van der Waals surface area contributed by atoms with Crippen molar-refractivity contribution in [3.8, 4) is 11.5 Å². The molecule has 8 heteroatoms. The second-order valence-corrected chi connectivity index (χ2v) is 8.20. The molecule has 0 saturated carbocycles. The van der Waals surface area contributed by atoms with E-state index in [0.29, 0.717) is 5.56 Å². The van der Waals surface area contributed by atoms with Crippen molar-refractivity contribution < 1.29 is 32.2 Å². The molecule has 0 saturated heterocycles. The van der Waals surface area contributed by atoms with Gasteiger partial charge in [0.2, 0.25) is 5.78 Å². The first kappa shape index (κ1) is 20.5. The van der Waals surface area contributed by atoms with Gasteiger partial charge in [0.05, 0.1) is 12.0 Å². The van der Waals surface area contributed by atoms with E-state index >= 15 is 0 Å². The average Bonchev–Trinajstić information content (AvgIpc) is 3.07. The van der Waals surface area contributed by atoms with Crippen LogP contribution in [0.4, 0.5) is 13.2 Å². The fraction of sp³-hybridized carbons (Fsp3) is 0.0833. The fourth-order valence-electron chi connectivity index (χ4n) is 3.94. The van der Waals surface area contributed by atoms with Gasteiger partial charge in [0.15, 0.2) is 23.2 Å². The Labute approximate surface area is 188 Å². The maximum Gasteiger partial charge on any atom is 0.312 e. The molecule has 2 aliphatic rings. The van der Waals surface area contributed by atoms with Gasteiger partial charge in [0, 0.05) is 16.0 Å². The number of hydrogen-bond acceptors (Lipinski definition) is 4. The minimum Gasteiger partial charge on any atom is -0.452 e. The summed E-state index contributed by atoms with van der Waals surface area (Å²) in [6.45, 7) is 0. The monoisotopic (exact) mass is 500 g/mol. The fourth-order valence-corrected chi connectivity index (χ4v) is 4.50. The zero-order valence-electron chi connectivity index (χ0n) is 16.1. The SMILES string of the molecule is O=C1C[C@H](c2ccccc2Br)c2c(ccc3c2O/C(=C\c2cc(F)c(F)c(F)c2)C3=O)O1. The zero-order chi connectivity index (χ0) is 22.6. The number of esters is 1. The van der Waals surface area contributed by atoms with Gasteiger partial charge in [-0.05, 0) is 47.5 Å². The van der Waals surface area contributed by atoms with Gasteiger partial charge in [-0.25, -0.2) is 13.2 Å². The van der Waals surface area contributed by atoms with E-state index in [1.807, 2.05) is 24.3 Å². The number of carbonyl (C=O) groups is 2. The molecule has 0 aliphatic carbocycles. The largest absolute Gasteiger partial charge is 0.452 e. The maximum absolute atomic E-state index is 13.6. The number of Topliss-reactive ketones (excluding diaryl/α,β-unsaturated/α-hetero) is 1. The third kappa shape index (κ3) is 3.31. The van der Waals surface area contributed by atoms with Crippen LogP contribution in [-0.2, 0) is 4.79 Å². The molecule has 0 spiro atoms. The topological polar surface area (TPSA) is 52.6 Å². The first-order chi connectivity index (χ1) is 15.3. The molecule has 0 amide bonds. The number of fused-ring (bicyclic) bond motifs is 3. The smallest absolute Gasteiger partial charge is 0.312 e. The minimum absolute atomic E-state index is 0.0387. The number of ether oxygens (including phenoxy) is 2. The van der Waals surface area contributed by atoms with Crippen LogP contribution in [0.2, 0.25) is 0 Å². The van der Waals surface area contributed by atoms with E-state index in [1.54, 1.807) is 0 Å². The third-order valence-electron chi connectivity index (χ3n) is 5.36. The number of benzene rings is 3. The Morgan fingerprint density at radius 2 is 1.69 bits per heavy atom. The molecule has 32 heavy (non-hydrogen) atoms. The molecule has 2 heterocycles. The Bertz CT molecular complexity index is 1330. The van der Waals surface area contributed by atoms with Crippen LogP contribution in [0.1, 0.15) is 39.4 Å². The van der Waals surface area contributed by atoms with Crippen molar-refractivity contribution in [2.75, 3.05) is 0 Å². The summed E-state index contributed by atoms with van der Waals surface area (Å²) in [6, 6.07) is 11.9. The van der Waals surface area contributed by atoms with Gasteiger partial charge in [-0.15, -0.1) is 0 Å². The molecule has 3 aromatic carbocycles. The van der Waals surface area contributed by atoms with Crippen LogP contribution in [0, 0.1) is 17.5 Å².